The molecule has 1 aromatic carbocycles. The van der Waals surface area contributed by atoms with E-state index in [0.717, 1.165) is 5.69 Å². The van der Waals surface area contributed by atoms with Crippen molar-refractivity contribution in [2.45, 2.75) is 13.8 Å². The van der Waals surface area contributed by atoms with Crippen molar-refractivity contribution in [1.82, 2.24) is 10.3 Å². The Balaban J connectivity index is 1.70. The zero-order chi connectivity index (χ0) is 18.9. The normalized spacial score (nSPS) is 10.1. The first kappa shape index (κ1) is 19.4. The molecule has 1 heterocycles. The molecular formula is C17H19N3O5S. The summed E-state index contributed by atoms with van der Waals surface area (Å²) >= 11 is 1.28. The molecule has 0 bridgehead atoms. The van der Waals surface area contributed by atoms with Gasteiger partial charge < -0.3 is 14.8 Å². The lowest BCUT2D eigenvalue weighted by atomic mass is 10.2. The molecule has 8 nitrogen and oxygen atoms in total. The van der Waals surface area contributed by atoms with Crippen LogP contribution in [-0.2, 0) is 14.3 Å². The molecule has 138 valence electrons. The van der Waals surface area contributed by atoms with Crippen molar-refractivity contribution in [2.24, 2.45) is 0 Å². The Kier molecular flexibility index (Phi) is 7.10. The Bertz CT molecular complexity index is 773. The average Bonchev–Trinajstić information content (AvgIpc) is 3.03. The number of aromatic nitrogens is 1. The van der Waals surface area contributed by atoms with Crippen LogP contribution >= 0.6 is 11.3 Å². The molecule has 0 saturated carbocycles. The number of hydrogen-bond donors (Lipinski definition) is 2. The molecule has 2 aromatic rings. The van der Waals surface area contributed by atoms with Crippen LogP contribution in [0.5, 0.6) is 5.75 Å². The molecule has 0 aliphatic carbocycles. The number of amides is 2. The van der Waals surface area contributed by atoms with E-state index >= 15 is 0 Å². The number of carbonyl (C=O) groups is 3. The number of rotatable bonds is 8. The smallest absolute Gasteiger partial charge is 0.325 e. The Morgan fingerprint density at radius 2 is 1.92 bits per heavy atom. The summed E-state index contributed by atoms with van der Waals surface area (Å²) in [4.78, 5) is 39.3. The molecule has 0 radical (unpaired) electrons. The minimum atomic E-state index is -0.713. The summed E-state index contributed by atoms with van der Waals surface area (Å²) in [5.74, 6) is -0.974. The summed E-state index contributed by atoms with van der Waals surface area (Å²) in [6.07, 6.45) is 0. The fraction of sp³-hybridized carbons (Fsp3) is 0.294. The molecular weight excluding hydrogens is 358 g/mol. The van der Waals surface area contributed by atoms with Gasteiger partial charge in [0.2, 0.25) is 0 Å². The summed E-state index contributed by atoms with van der Waals surface area (Å²) in [7, 11) is 0. The molecule has 2 N–H and O–H groups in total. The molecule has 0 aliphatic heterocycles. The van der Waals surface area contributed by atoms with Crippen molar-refractivity contribution >= 4 is 34.3 Å². The Morgan fingerprint density at radius 3 is 2.54 bits per heavy atom. The van der Waals surface area contributed by atoms with E-state index in [1.807, 2.05) is 6.92 Å². The second-order valence-electron chi connectivity index (χ2n) is 5.14. The molecule has 1 aromatic heterocycles. The third-order valence-corrected chi connectivity index (χ3v) is 3.93. The summed E-state index contributed by atoms with van der Waals surface area (Å²) in [5.41, 5.74) is 1.18. The number of nitrogens with zero attached hydrogens (tertiary/aromatic N) is 1. The third kappa shape index (κ3) is 6.17. The van der Waals surface area contributed by atoms with Crippen LogP contribution in [0.2, 0.25) is 0 Å². The maximum absolute atomic E-state index is 12.0. The lowest BCUT2D eigenvalue weighted by molar-refractivity contribution is -0.146. The van der Waals surface area contributed by atoms with Crippen LogP contribution in [0.15, 0.2) is 29.6 Å². The molecule has 2 rings (SSSR count). The van der Waals surface area contributed by atoms with E-state index in [1.54, 1.807) is 36.6 Å². The van der Waals surface area contributed by atoms with Gasteiger partial charge >= 0.3 is 5.97 Å². The van der Waals surface area contributed by atoms with Crippen molar-refractivity contribution in [3.63, 3.8) is 0 Å². The van der Waals surface area contributed by atoms with Crippen LogP contribution in [0.1, 0.15) is 23.0 Å². The highest BCUT2D eigenvalue weighted by Crippen LogP contribution is 2.14. The van der Waals surface area contributed by atoms with Gasteiger partial charge in [-0.05, 0) is 38.1 Å². The van der Waals surface area contributed by atoms with Gasteiger partial charge in [-0.1, -0.05) is 0 Å². The molecule has 0 spiro atoms. The van der Waals surface area contributed by atoms with Gasteiger partial charge in [-0.25, -0.2) is 4.98 Å². The van der Waals surface area contributed by atoms with Gasteiger partial charge in [-0.15, -0.1) is 11.3 Å². The summed E-state index contributed by atoms with van der Waals surface area (Å²) < 4.78 is 10.1. The predicted molar refractivity (Wildman–Crippen MR) is 96.4 cm³/mol. The van der Waals surface area contributed by atoms with Crippen molar-refractivity contribution in [3.05, 3.63) is 40.9 Å². The number of anilines is 1. The largest absolute Gasteiger partial charge is 0.494 e. The van der Waals surface area contributed by atoms with Gasteiger partial charge in [0.15, 0.2) is 11.7 Å². The average molecular weight is 377 g/mol. The molecule has 0 aliphatic rings. The molecule has 0 unspecified atom stereocenters. The number of hydrogen-bond acceptors (Lipinski definition) is 7. The molecule has 0 atom stereocenters. The second kappa shape index (κ2) is 9.52. The van der Waals surface area contributed by atoms with Crippen LogP contribution < -0.4 is 15.4 Å². The minimum Gasteiger partial charge on any atom is -0.494 e. The zero-order valence-corrected chi connectivity index (χ0v) is 15.2. The van der Waals surface area contributed by atoms with Crippen molar-refractivity contribution in [2.75, 3.05) is 25.1 Å². The summed E-state index contributed by atoms with van der Waals surface area (Å²) in [6, 6.07) is 6.52. The first-order chi connectivity index (χ1) is 12.5. The van der Waals surface area contributed by atoms with Crippen LogP contribution in [0.25, 0.3) is 0 Å². The quantitative estimate of drug-likeness (QED) is 0.679. The van der Waals surface area contributed by atoms with E-state index in [9.17, 15) is 14.4 Å². The maximum atomic E-state index is 12.0. The number of carbonyl (C=O) groups excluding carboxylic acids is 3. The van der Waals surface area contributed by atoms with E-state index in [-0.39, 0.29) is 6.54 Å². The van der Waals surface area contributed by atoms with Crippen molar-refractivity contribution in [3.8, 4) is 5.75 Å². The summed E-state index contributed by atoms with van der Waals surface area (Å²) in [6.45, 7) is 3.42. The fourth-order valence-electron chi connectivity index (χ4n) is 1.89. The Hall–Kier alpha value is -2.94. The van der Waals surface area contributed by atoms with Crippen molar-refractivity contribution < 1.29 is 23.9 Å². The van der Waals surface area contributed by atoms with Crippen LogP contribution in [-0.4, -0.2) is 42.5 Å². The van der Waals surface area contributed by atoms with Gasteiger partial charge in [0.25, 0.3) is 11.8 Å². The number of thiazole rings is 1. The van der Waals surface area contributed by atoms with E-state index in [1.165, 1.54) is 11.3 Å². The monoisotopic (exact) mass is 377 g/mol. The van der Waals surface area contributed by atoms with Gasteiger partial charge in [-0.2, -0.15) is 0 Å². The van der Waals surface area contributed by atoms with Gasteiger partial charge in [-0.3, -0.25) is 19.7 Å². The number of esters is 1. The molecule has 0 fully saturated rings. The highest BCUT2D eigenvalue weighted by Gasteiger charge is 2.12. The first-order valence-corrected chi connectivity index (χ1v) is 8.74. The van der Waals surface area contributed by atoms with E-state index in [2.05, 4.69) is 15.6 Å². The van der Waals surface area contributed by atoms with Crippen LogP contribution in [0.4, 0.5) is 5.13 Å². The minimum absolute atomic E-state index is 0.338. The molecule has 9 heteroatoms. The van der Waals surface area contributed by atoms with Gasteiger partial charge in [0.05, 0.1) is 12.3 Å². The van der Waals surface area contributed by atoms with Crippen molar-refractivity contribution in [1.29, 1.82) is 0 Å². The zero-order valence-electron chi connectivity index (χ0n) is 14.4. The third-order valence-electron chi connectivity index (χ3n) is 3.05. The van der Waals surface area contributed by atoms with Gasteiger partial charge in [0, 0.05) is 10.9 Å². The lowest BCUT2D eigenvalue weighted by Crippen LogP contribution is -2.32. The Morgan fingerprint density at radius 1 is 1.19 bits per heavy atom. The number of aryl methyl sites for hydroxylation is 1. The second-order valence-corrected chi connectivity index (χ2v) is 6.00. The van der Waals surface area contributed by atoms with Gasteiger partial charge in [0.1, 0.15) is 12.3 Å². The Labute approximate surface area is 154 Å². The highest BCUT2D eigenvalue weighted by molar-refractivity contribution is 7.13. The van der Waals surface area contributed by atoms with Crippen LogP contribution in [0, 0.1) is 6.92 Å². The maximum Gasteiger partial charge on any atom is 0.325 e. The topological polar surface area (TPSA) is 107 Å². The number of nitrogens with one attached hydrogen (secondary N) is 2. The van der Waals surface area contributed by atoms with E-state index in [0.29, 0.717) is 23.1 Å². The highest BCUT2D eigenvalue weighted by atomic mass is 32.1. The fourth-order valence-corrected chi connectivity index (χ4v) is 2.59. The molecule has 2 amide bonds. The first-order valence-electron chi connectivity index (χ1n) is 7.86. The van der Waals surface area contributed by atoms with E-state index in [4.69, 9.17) is 9.47 Å². The molecule has 26 heavy (non-hydrogen) atoms. The molecule has 0 saturated heterocycles. The summed E-state index contributed by atoms with van der Waals surface area (Å²) in [5, 5.41) is 7.17. The van der Waals surface area contributed by atoms with Crippen LogP contribution in [0.3, 0.4) is 0 Å². The number of ether oxygens (including phenoxy) is 2. The van der Waals surface area contributed by atoms with E-state index < -0.39 is 24.4 Å². The standard InChI is InChI=1S/C17H19N3O5S/c1-3-24-13-6-4-12(5-7-13)16(23)18-8-15(22)25-9-14(21)20-17-19-11(2)10-26-17/h4-7,10H,3,8-9H2,1-2H3,(H,18,23)(H,19,20,21). The SMILES string of the molecule is CCOc1ccc(C(=O)NCC(=O)OCC(=O)Nc2nc(C)cs2)cc1. The predicted octanol–water partition coefficient (Wildman–Crippen LogP) is 1.76. The lowest BCUT2D eigenvalue weighted by Gasteiger charge is -2.07. The number of benzene rings is 1.